The molecule has 46 heavy (non-hydrogen) atoms. The van der Waals surface area contributed by atoms with Gasteiger partial charge in [0.15, 0.2) is 5.83 Å². The smallest absolute Gasteiger partial charge is 0.318 e. The highest BCUT2D eigenvalue weighted by molar-refractivity contribution is 7.17. The van der Waals surface area contributed by atoms with Crippen LogP contribution in [0.2, 0.25) is 0 Å². The van der Waals surface area contributed by atoms with Crippen LogP contribution in [-0.4, -0.2) is 89.3 Å². The molecule has 12 heteroatoms. The van der Waals surface area contributed by atoms with Crippen molar-refractivity contribution in [2.75, 3.05) is 55.7 Å². The van der Waals surface area contributed by atoms with Crippen molar-refractivity contribution in [2.24, 2.45) is 0 Å². The van der Waals surface area contributed by atoms with E-state index >= 15 is 0 Å². The molecule has 4 aliphatic heterocycles. The van der Waals surface area contributed by atoms with Gasteiger partial charge in [-0.2, -0.15) is 15.2 Å². The third-order valence-electron chi connectivity index (χ3n) is 10.2. The van der Waals surface area contributed by atoms with Crippen molar-refractivity contribution in [3.8, 4) is 12.1 Å². The molecule has 6 heterocycles. The van der Waals surface area contributed by atoms with Gasteiger partial charge in [-0.15, -0.1) is 11.3 Å². The minimum atomic E-state index is -1.02. The summed E-state index contributed by atoms with van der Waals surface area (Å²) in [5, 5.41) is 12.9. The molecular weight excluding hydrogens is 608 g/mol. The van der Waals surface area contributed by atoms with Crippen LogP contribution in [0.25, 0.3) is 10.1 Å². The number of rotatable bonds is 9. The van der Waals surface area contributed by atoms with Crippen molar-refractivity contribution in [2.45, 2.75) is 69.2 Å². The Balaban J connectivity index is 1.14. The molecule has 2 aromatic heterocycles. The lowest BCUT2D eigenvalue weighted by Gasteiger charge is -2.42. The third-order valence-corrected chi connectivity index (χ3v) is 11.1. The Labute approximate surface area is 272 Å². The SMILES string of the molecule is C=C(F)C(=O)N1CCN(c2nc(OCCCC34CCCN3C[C@H](F)C4)nc3c2CCN(c2cccc4sccc24)C3)C[C@@H]1CC#N. The van der Waals surface area contributed by atoms with E-state index in [-0.39, 0.29) is 18.5 Å². The average molecular weight is 648 g/mol. The summed E-state index contributed by atoms with van der Waals surface area (Å²) in [7, 11) is 0. The Morgan fingerprint density at radius 3 is 2.91 bits per heavy atom. The first kappa shape index (κ1) is 30.8. The van der Waals surface area contributed by atoms with Gasteiger partial charge in [0.05, 0.1) is 37.4 Å². The van der Waals surface area contributed by atoms with E-state index in [1.807, 2.05) is 0 Å². The van der Waals surface area contributed by atoms with Gasteiger partial charge in [0, 0.05) is 59.6 Å². The molecule has 0 saturated carbocycles. The van der Waals surface area contributed by atoms with E-state index in [1.54, 1.807) is 11.3 Å². The number of nitrogens with zero attached hydrogens (tertiary/aromatic N) is 7. The van der Waals surface area contributed by atoms with E-state index in [0.717, 1.165) is 62.3 Å². The second-order valence-corrected chi connectivity index (χ2v) is 13.9. The molecule has 3 aromatic rings. The minimum absolute atomic E-state index is 0.0500. The molecule has 3 atom stereocenters. The number of nitriles is 1. The van der Waals surface area contributed by atoms with Crippen LogP contribution >= 0.6 is 11.3 Å². The predicted octanol–water partition coefficient (Wildman–Crippen LogP) is 5.40. The molecule has 1 unspecified atom stereocenters. The zero-order chi connectivity index (χ0) is 31.8. The Morgan fingerprint density at radius 2 is 2.07 bits per heavy atom. The van der Waals surface area contributed by atoms with Crippen LogP contribution < -0.4 is 14.5 Å². The molecule has 7 rings (SSSR count). The first-order valence-corrected chi connectivity index (χ1v) is 17.1. The van der Waals surface area contributed by atoms with Crippen LogP contribution in [0.1, 0.15) is 49.8 Å². The Hall–Kier alpha value is -3.82. The quantitative estimate of drug-likeness (QED) is 0.225. The number of fused-ring (bicyclic) bond motifs is 3. The van der Waals surface area contributed by atoms with E-state index in [2.05, 4.69) is 57.0 Å². The molecular formula is C34H39F2N7O2S. The second-order valence-electron chi connectivity index (χ2n) is 12.9. The lowest BCUT2D eigenvalue weighted by molar-refractivity contribution is -0.131. The zero-order valence-corrected chi connectivity index (χ0v) is 26.8. The predicted molar refractivity (Wildman–Crippen MR) is 175 cm³/mol. The summed E-state index contributed by atoms with van der Waals surface area (Å²) in [6, 6.07) is 10.5. The van der Waals surface area contributed by atoms with E-state index in [4.69, 9.17) is 14.7 Å². The molecule has 9 nitrogen and oxygen atoms in total. The summed E-state index contributed by atoms with van der Waals surface area (Å²) >= 11 is 1.73. The van der Waals surface area contributed by atoms with E-state index in [1.165, 1.54) is 20.7 Å². The van der Waals surface area contributed by atoms with Crippen molar-refractivity contribution in [1.82, 2.24) is 19.8 Å². The molecule has 0 N–H and O–H groups in total. The Kier molecular flexibility index (Phi) is 8.55. The number of benzene rings is 1. The van der Waals surface area contributed by atoms with E-state index < -0.39 is 23.9 Å². The van der Waals surface area contributed by atoms with Gasteiger partial charge in [-0.1, -0.05) is 12.6 Å². The maximum atomic E-state index is 14.3. The first-order valence-electron chi connectivity index (χ1n) is 16.3. The number of carbonyl (C=O) groups excluding carboxylic acids is 1. The number of alkyl halides is 1. The van der Waals surface area contributed by atoms with Crippen molar-refractivity contribution in [3.05, 3.63) is 53.3 Å². The summed E-state index contributed by atoms with van der Waals surface area (Å²) in [6.45, 7) is 7.54. The maximum Gasteiger partial charge on any atom is 0.318 e. The van der Waals surface area contributed by atoms with Gasteiger partial charge in [0.25, 0.3) is 5.91 Å². The zero-order valence-electron chi connectivity index (χ0n) is 26.0. The van der Waals surface area contributed by atoms with Gasteiger partial charge < -0.3 is 19.4 Å². The highest BCUT2D eigenvalue weighted by atomic mass is 32.1. The van der Waals surface area contributed by atoms with Crippen molar-refractivity contribution < 1.29 is 18.3 Å². The maximum absolute atomic E-state index is 14.3. The second kappa shape index (κ2) is 12.8. The van der Waals surface area contributed by atoms with Gasteiger partial charge in [-0.3, -0.25) is 9.69 Å². The van der Waals surface area contributed by atoms with Crippen molar-refractivity contribution in [1.29, 1.82) is 5.26 Å². The molecule has 242 valence electrons. The first-order chi connectivity index (χ1) is 22.3. The summed E-state index contributed by atoms with van der Waals surface area (Å²) in [5.41, 5.74) is 3.04. The fourth-order valence-electron chi connectivity index (χ4n) is 8.10. The summed E-state index contributed by atoms with van der Waals surface area (Å²) in [6.07, 6.45) is 4.46. The highest BCUT2D eigenvalue weighted by Gasteiger charge is 2.48. The van der Waals surface area contributed by atoms with Crippen LogP contribution in [0.5, 0.6) is 6.01 Å². The molecule has 1 aromatic carbocycles. The van der Waals surface area contributed by atoms with Gasteiger partial charge in [0.2, 0.25) is 0 Å². The molecule has 0 bridgehead atoms. The average Bonchev–Trinajstić information content (AvgIpc) is 3.76. The topological polar surface area (TPSA) is 88.8 Å². The van der Waals surface area contributed by atoms with Gasteiger partial charge >= 0.3 is 6.01 Å². The monoisotopic (exact) mass is 647 g/mol. The van der Waals surface area contributed by atoms with E-state index in [9.17, 15) is 18.8 Å². The van der Waals surface area contributed by atoms with Crippen LogP contribution in [0, 0.1) is 11.3 Å². The lowest BCUT2D eigenvalue weighted by Crippen LogP contribution is -2.55. The minimum Gasteiger partial charge on any atom is -0.463 e. The largest absolute Gasteiger partial charge is 0.463 e. The number of hydrogen-bond acceptors (Lipinski definition) is 9. The summed E-state index contributed by atoms with van der Waals surface area (Å²) < 4.78 is 35.6. The summed E-state index contributed by atoms with van der Waals surface area (Å²) in [4.78, 5) is 30.6. The number of halogens is 2. The molecule has 0 spiro atoms. The molecule has 0 aliphatic carbocycles. The molecule has 0 radical (unpaired) electrons. The van der Waals surface area contributed by atoms with Gasteiger partial charge in [0.1, 0.15) is 12.0 Å². The number of anilines is 2. The molecule has 1 amide bonds. The summed E-state index contributed by atoms with van der Waals surface area (Å²) in [5.74, 6) is -1.04. The Bertz CT molecular complexity index is 1680. The highest BCUT2D eigenvalue weighted by Crippen LogP contribution is 2.43. The van der Waals surface area contributed by atoms with Crippen molar-refractivity contribution in [3.63, 3.8) is 0 Å². The van der Waals surface area contributed by atoms with Gasteiger partial charge in [-0.05, 0) is 68.6 Å². The fourth-order valence-corrected chi connectivity index (χ4v) is 8.91. The van der Waals surface area contributed by atoms with Gasteiger partial charge in [-0.25, -0.2) is 8.78 Å². The lowest BCUT2D eigenvalue weighted by atomic mass is 9.88. The Morgan fingerprint density at radius 1 is 1.17 bits per heavy atom. The number of hydrogen-bond donors (Lipinski definition) is 0. The number of carbonyl (C=O) groups is 1. The third kappa shape index (κ3) is 5.79. The standard InChI is InChI=1S/C34H39F2N7O2S/c1-23(35)32(44)43-16-15-41(21-25(43)7-12-37)31-26-8-14-40(29-5-2-6-30-27(29)9-18-46-30)22-28(26)38-33(39-31)45-17-4-11-34-10-3-13-42(34)20-24(36)19-34/h2,5-6,9,18,24-25H,1,3-4,7-8,10-11,13-17,19-22H2/t24-,25+,34?/m1/s1. The molecule has 4 aliphatic rings. The fraction of sp³-hybridized carbons (Fsp3) is 0.529. The normalized spacial score (nSPS) is 24.6. The number of thiophene rings is 1. The number of piperazine rings is 1. The molecule has 3 fully saturated rings. The number of ether oxygens (including phenoxy) is 1. The van der Waals surface area contributed by atoms with E-state index in [0.29, 0.717) is 45.2 Å². The van der Waals surface area contributed by atoms with Crippen LogP contribution in [0.15, 0.2) is 42.1 Å². The van der Waals surface area contributed by atoms with Crippen molar-refractivity contribution >= 4 is 38.8 Å². The van der Waals surface area contributed by atoms with Crippen LogP contribution in [-0.2, 0) is 17.8 Å². The van der Waals surface area contributed by atoms with Crippen LogP contribution in [0.4, 0.5) is 20.3 Å². The number of aromatic nitrogens is 2. The van der Waals surface area contributed by atoms with Crippen LogP contribution in [0.3, 0.4) is 0 Å². The molecule has 3 saturated heterocycles. The number of amides is 1.